The van der Waals surface area contributed by atoms with E-state index in [9.17, 15) is 0 Å². The van der Waals surface area contributed by atoms with Crippen molar-refractivity contribution >= 4 is 11.6 Å². The number of methoxy groups -OCH3 is 1. The molecule has 19 heavy (non-hydrogen) atoms. The summed E-state index contributed by atoms with van der Waals surface area (Å²) in [6.07, 6.45) is 0. The third kappa shape index (κ3) is 2.60. The number of aryl methyl sites for hydroxylation is 1. The molecule has 2 aromatic rings. The Morgan fingerprint density at radius 2 is 1.89 bits per heavy atom. The van der Waals surface area contributed by atoms with Crippen molar-refractivity contribution in [1.29, 1.82) is 0 Å². The number of benzene rings is 2. The molecule has 0 amide bonds. The lowest BCUT2D eigenvalue weighted by molar-refractivity contribution is 0.413. The van der Waals surface area contributed by atoms with Crippen LogP contribution in [0.2, 0.25) is 5.02 Å². The van der Waals surface area contributed by atoms with Gasteiger partial charge in [0.25, 0.3) is 0 Å². The molecule has 3 heteroatoms. The average Bonchev–Trinajstić information content (AvgIpc) is 2.42. The lowest BCUT2D eigenvalue weighted by Gasteiger charge is -2.14. The van der Waals surface area contributed by atoms with Gasteiger partial charge in [0.05, 0.1) is 7.11 Å². The van der Waals surface area contributed by atoms with Gasteiger partial charge >= 0.3 is 0 Å². The van der Waals surface area contributed by atoms with E-state index in [1.807, 2.05) is 18.2 Å². The molecular formula is C16H18ClNO. The molecule has 0 bridgehead atoms. The Morgan fingerprint density at radius 3 is 2.53 bits per heavy atom. The van der Waals surface area contributed by atoms with Crippen LogP contribution in [0.1, 0.15) is 16.7 Å². The van der Waals surface area contributed by atoms with Gasteiger partial charge < -0.3 is 10.5 Å². The predicted molar refractivity (Wildman–Crippen MR) is 80.8 cm³/mol. The zero-order valence-electron chi connectivity index (χ0n) is 11.5. The van der Waals surface area contributed by atoms with Crippen molar-refractivity contribution in [1.82, 2.24) is 0 Å². The van der Waals surface area contributed by atoms with E-state index in [0.717, 1.165) is 28.0 Å². The standard InChI is InChI=1S/C16H18ClNO/c1-10-4-6-14(16(19-3)11(10)2)12-5-7-15(17)13(8-12)9-18/h4-8H,9,18H2,1-3H3. The van der Waals surface area contributed by atoms with Crippen LogP contribution in [0.25, 0.3) is 11.1 Å². The predicted octanol–water partition coefficient (Wildman–Crippen LogP) is 4.09. The molecule has 2 aromatic carbocycles. The summed E-state index contributed by atoms with van der Waals surface area (Å²) in [4.78, 5) is 0. The van der Waals surface area contributed by atoms with Crippen molar-refractivity contribution in [2.45, 2.75) is 20.4 Å². The number of hydrogen-bond donors (Lipinski definition) is 1. The maximum absolute atomic E-state index is 6.10. The zero-order valence-corrected chi connectivity index (χ0v) is 12.2. The minimum atomic E-state index is 0.430. The first-order valence-electron chi connectivity index (χ1n) is 6.21. The van der Waals surface area contributed by atoms with Crippen LogP contribution in [-0.4, -0.2) is 7.11 Å². The molecule has 2 nitrogen and oxygen atoms in total. The first-order chi connectivity index (χ1) is 9.08. The molecule has 2 rings (SSSR count). The second-order valence-electron chi connectivity index (χ2n) is 4.60. The molecule has 0 aromatic heterocycles. The van der Waals surface area contributed by atoms with Gasteiger partial charge in [-0.15, -0.1) is 0 Å². The normalized spacial score (nSPS) is 10.6. The van der Waals surface area contributed by atoms with Crippen molar-refractivity contribution < 1.29 is 4.74 Å². The van der Waals surface area contributed by atoms with Crippen molar-refractivity contribution in [2.24, 2.45) is 5.73 Å². The molecule has 0 radical (unpaired) electrons. The first-order valence-corrected chi connectivity index (χ1v) is 6.59. The largest absolute Gasteiger partial charge is 0.496 e. The van der Waals surface area contributed by atoms with Gasteiger partial charge in [0.2, 0.25) is 0 Å². The van der Waals surface area contributed by atoms with Crippen LogP contribution in [0.15, 0.2) is 30.3 Å². The number of rotatable bonds is 3. The minimum Gasteiger partial charge on any atom is -0.496 e. The highest BCUT2D eigenvalue weighted by Gasteiger charge is 2.11. The van der Waals surface area contributed by atoms with Crippen LogP contribution >= 0.6 is 11.6 Å². The van der Waals surface area contributed by atoms with Crippen LogP contribution in [0.4, 0.5) is 0 Å². The first kappa shape index (κ1) is 13.9. The van der Waals surface area contributed by atoms with Gasteiger partial charge in [-0.1, -0.05) is 29.8 Å². The lowest BCUT2D eigenvalue weighted by Crippen LogP contribution is -1.98. The number of hydrogen-bond acceptors (Lipinski definition) is 2. The Hall–Kier alpha value is -1.51. The molecule has 0 fully saturated rings. The summed E-state index contributed by atoms with van der Waals surface area (Å²) in [5.74, 6) is 0.908. The van der Waals surface area contributed by atoms with Gasteiger partial charge in [0, 0.05) is 17.1 Å². The molecule has 0 heterocycles. The summed E-state index contributed by atoms with van der Waals surface area (Å²) < 4.78 is 5.55. The van der Waals surface area contributed by atoms with Crippen molar-refractivity contribution in [3.63, 3.8) is 0 Å². The third-order valence-electron chi connectivity index (χ3n) is 3.46. The smallest absolute Gasteiger partial charge is 0.129 e. The summed E-state index contributed by atoms with van der Waals surface area (Å²) in [5, 5.41) is 0.703. The van der Waals surface area contributed by atoms with E-state index in [0.29, 0.717) is 11.6 Å². The average molecular weight is 276 g/mol. The Kier molecular flexibility index (Phi) is 4.13. The quantitative estimate of drug-likeness (QED) is 0.916. The second kappa shape index (κ2) is 5.64. The highest BCUT2D eigenvalue weighted by Crippen LogP contribution is 2.35. The second-order valence-corrected chi connectivity index (χ2v) is 5.01. The molecule has 0 aliphatic rings. The van der Waals surface area contributed by atoms with Gasteiger partial charge in [-0.2, -0.15) is 0 Å². The topological polar surface area (TPSA) is 35.2 Å². The van der Waals surface area contributed by atoms with E-state index < -0.39 is 0 Å². The van der Waals surface area contributed by atoms with Crippen molar-refractivity contribution in [2.75, 3.05) is 7.11 Å². The maximum Gasteiger partial charge on any atom is 0.129 e. The van der Waals surface area contributed by atoms with Crippen LogP contribution in [0.3, 0.4) is 0 Å². The molecule has 100 valence electrons. The molecule has 0 saturated carbocycles. The van der Waals surface area contributed by atoms with E-state index in [1.54, 1.807) is 7.11 Å². The van der Waals surface area contributed by atoms with Crippen LogP contribution < -0.4 is 10.5 Å². The summed E-state index contributed by atoms with van der Waals surface area (Å²) in [5.41, 5.74) is 11.2. The van der Waals surface area contributed by atoms with Gasteiger partial charge in [-0.3, -0.25) is 0 Å². The summed E-state index contributed by atoms with van der Waals surface area (Å²) in [7, 11) is 1.70. The van der Waals surface area contributed by atoms with Gasteiger partial charge in [-0.25, -0.2) is 0 Å². The van der Waals surface area contributed by atoms with Crippen LogP contribution in [-0.2, 0) is 6.54 Å². The highest BCUT2D eigenvalue weighted by molar-refractivity contribution is 6.31. The zero-order chi connectivity index (χ0) is 14.0. The van der Waals surface area contributed by atoms with E-state index in [2.05, 4.69) is 26.0 Å². The SMILES string of the molecule is COc1c(-c2ccc(Cl)c(CN)c2)ccc(C)c1C. The summed E-state index contributed by atoms with van der Waals surface area (Å²) >= 11 is 6.10. The van der Waals surface area contributed by atoms with Crippen LogP contribution in [0, 0.1) is 13.8 Å². The number of nitrogens with two attached hydrogens (primary N) is 1. The summed E-state index contributed by atoms with van der Waals surface area (Å²) in [6.45, 7) is 4.58. The Bertz CT molecular complexity index is 608. The fourth-order valence-corrected chi connectivity index (χ4v) is 2.37. The molecule has 0 aliphatic carbocycles. The molecule has 0 spiro atoms. The molecular weight excluding hydrogens is 258 g/mol. The third-order valence-corrected chi connectivity index (χ3v) is 3.83. The van der Waals surface area contributed by atoms with Gasteiger partial charge in [0.1, 0.15) is 5.75 Å². The Labute approximate surface area is 119 Å². The van der Waals surface area contributed by atoms with Gasteiger partial charge in [-0.05, 0) is 48.2 Å². The minimum absolute atomic E-state index is 0.430. The van der Waals surface area contributed by atoms with Gasteiger partial charge in [0.15, 0.2) is 0 Å². The van der Waals surface area contributed by atoms with Crippen molar-refractivity contribution in [3.8, 4) is 16.9 Å². The fraction of sp³-hybridized carbons (Fsp3) is 0.250. The van der Waals surface area contributed by atoms with E-state index in [4.69, 9.17) is 22.1 Å². The fourth-order valence-electron chi connectivity index (χ4n) is 2.18. The van der Waals surface area contributed by atoms with E-state index in [1.165, 1.54) is 5.56 Å². The Balaban J connectivity index is 2.62. The number of halogens is 1. The molecule has 0 unspecified atom stereocenters. The molecule has 2 N–H and O–H groups in total. The maximum atomic E-state index is 6.10. The highest BCUT2D eigenvalue weighted by atomic mass is 35.5. The lowest BCUT2D eigenvalue weighted by atomic mass is 9.97. The monoisotopic (exact) mass is 275 g/mol. The number of ether oxygens (including phenoxy) is 1. The van der Waals surface area contributed by atoms with Crippen molar-refractivity contribution in [3.05, 3.63) is 52.0 Å². The van der Waals surface area contributed by atoms with E-state index >= 15 is 0 Å². The molecule has 0 saturated heterocycles. The summed E-state index contributed by atoms with van der Waals surface area (Å²) in [6, 6.07) is 10.1. The molecule has 0 atom stereocenters. The Morgan fingerprint density at radius 1 is 1.16 bits per heavy atom. The van der Waals surface area contributed by atoms with Crippen LogP contribution in [0.5, 0.6) is 5.75 Å². The van der Waals surface area contributed by atoms with E-state index in [-0.39, 0.29) is 0 Å². The molecule has 0 aliphatic heterocycles.